The summed E-state index contributed by atoms with van der Waals surface area (Å²) in [5.74, 6) is 1.58. The van der Waals surface area contributed by atoms with Crippen LogP contribution >= 0.6 is 0 Å². The van der Waals surface area contributed by atoms with Crippen LogP contribution in [0.1, 0.15) is 22.3 Å². The maximum atomic E-state index is 7.33. The highest BCUT2D eigenvalue weighted by Gasteiger charge is 2.53. The zero-order valence-electron chi connectivity index (χ0n) is 30.8. The van der Waals surface area contributed by atoms with Gasteiger partial charge in [0.05, 0.1) is 33.7 Å². The van der Waals surface area contributed by atoms with Gasteiger partial charge in [0.25, 0.3) is 0 Å². The lowest BCUT2D eigenvalue weighted by atomic mass is 9.29. The van der Waals surface area contributed by atoms with Crippen molar-refractivity contribution in [3.8, 4) is 11.5 Å². The summed E-state index contributed by atoms with van der Waals surface area (Å²) in [6.07, 6.45) is 5.64. The third-order valence-electron chi connectivity index (χ3n) is 12.1. The maximum Gasteiger partial charge on any atom is 0.247 e. The molecule has 5 heterocycles. The van der Waals surface area contributed by atoms with Crippen molar-refractivity contribution < 1.29 is 4.74 Å². The number of hydrogen-bond acceptors (Lipinski definition) is 5. The Labute approximate surface area is 331 Å². The van der Waals surface area contributed by atoms with Crippen molar-refractivity contribution >= 4 is 68.1 Å². The molecule has 0 amide bonds. The molecule has 9 aromatic rings. The second-order valence-corrected chi connectivity index (χ2v) is 14.9. The van der Waals surface area contributed by atoms with E-state index in [1.165, 1.54) is 38.6 Å². The van der Waals surface area contributed by atoms with Crippen molar-refractivity contribution in [2.75, 3.05) is 9.80 Å². The molecule has 0 fully saturated rings. The Bertz CT molecular complexity index is 2980. The van der Waals surface area contributed by atoms with Crippen LogP contribution in [0.4, 0.5) is 34.1 Å². The number of para-hydroxylation sites is 4. The van der Waals surface area contributed by atoms with Gasteiger partial charge in [0.1, 0.15) is 0 Å². The van der Waals surface area contributed by atoms with Crippen LogP contribution in [-0.2, 0) is 5.41 Å². The molecule has 3 aliphatic heterocycles. The molecule has 0 spiro atoms. The van der Waals surface area contributed by atoms with Gasteiger partial charge in [-0.15, -0.1) is 0 Å². The minimum Gasteiger partial charge on any atom is -0.451 e. The predicted molar refractivity (Wildman–Crippen MR) is 232 cm³/mol. The van der Waals surface area contributed by atoms with Gasteiger partial charge in [-0.2, -0.15) is 0 Å². The van der Waals surface area contributed by atoms with Gasteiger partial charge in [-0.3, -0.25) is 9.97 Å². The smallest absolute Gasteiger partial charge is 0.247 e. The summed E-state index contributed by atoms with van der Waals surface area (Å²) in [7, 11) is 0. The molecule has 0 atom stereocenters. The SMILES string of the molecule is c1ccc(C2(c3ccccc3)c3ccccc3B3c4ccccc4N(c4ccncc4)c4c5c(cc2c43)N(c2cccc3cccnc23)c2ccccc2O5)cc1. The van der Waals surface area contributed by atoms with Gasteiger partial charge in [0, 0.05) is 35.4 Å². The van der Waals surface area contributed by atoms with E-state index in [9.17, 15) is 0 Å². The molecule has 0 N–H and O–H groups in total. The Morgan fingerprint density at radius 2 is 1.14 bits per heavy atom. The standard InChI is InChI=1S/C51H33BN4O/c1-3-17-35(18-4-1)51(36-19-5-2-6-20-36)38-21-7-8-22-40(38)52-41-23-9-10-24-42(41)55(37-28-31-53-32-29-37)49-47(52)39(51)33-45-50(49)57-46-27-12-11-25-43(46)56(45)44-26-13-15-34-16-14-30-54-48(34)44/h1-33H. The summed E-state index contributed by atoms with van der Waals surface area (Å²) >= 11 is 0. The molecule has 3 aliphatic rings. The Kier molecular flexibility index (Phi) is 6.87. The lowest BCUT2D eigenvalue weighted by Gasteiger charge is -2.50. The molecule has 0 aliphatic carbocycles. The second kappa shape index (κ2) is 12.3. The molecule has 0 radical (unpaired) electrons. The molecule has 0 bridgehead atoms. The Hall–Kier alpha value is -7.44. The summed E-state index contributed by atoms with van der Waals surface area (Å²) in [4.78, 5) is 14.3. The van der Waals surface area contributed by atoms with Crippen molar-refractivity contribution in [1.29, 1.82) is 0 Å². The average Bonchev–Trinajstić information content (AvgIpc) is 3.29. The van der Waals surface area contributed by atoms with Gasteiger partial charge in [-0.25, -0.2) is 0 Å². The van der Waals surface area contributed by atoms with Gasteiger partial charge in [-0.1, -0.05) is 139 Å². The third kappa shape index (κ3) is 4.41. The number of aromatic nitrogens is 2. The number of ether oxygens (including phenoxy) is 1. The maximum absolute atomic E-state index is 7.33. The van der Waals surface area contributed by atoms with E-state index in [2.05, 4.69) is 191 Å². The van der Waals surface area contributed by atoms with E-state index in [1.807, 2.05) is 24.7 Å². The largest absolute Gasteiger partial charge is 0.451 e. The van der Waals surface area contributed by atoms with E-state index >= 15 is 0 Å². The topological polar surface area (TPSA) is 41.5 Å². The Morgan fingerprint density at radius 1 is 0.491 bits per heavy atom. The molecule has 0 saturated heterocycles. The quantitative estimate of drug-likeness (QED) is 0.169. The molecule has 5 nitrogen and oxygen atoms in total. The normalized spacial score (nSPS) is 14.1. The van der Waals surface area contributed by atoms with Crippen molar-refractivity contribution in [2.24, 2.45) is 0 Å². The monoisotopic (exact) mass is 728 g/mol. The molecule has 0 saturated carbocycles. The third-order valence-corrected chi connectivity index (χ3v) is 12.1. The van der Waals surface area contributed by atoms with E-state index in [-0.39, 0.29) is 6.71 Å². The van der Waals surface area contributed by atoms with Gasteiger partial charge < -0.3 is 14.5 Å². The molecule has 2 aromatic heterocycles. The fourth-order valence-electron chi connectivity index (χ4n) is 9.93. The van der Waals surface area contributed by atoms with Crippen molar-refractivity contribution in [3.63, 3.8) is 0 Å². The highest BCUT2D eigenvalue weighted by atomic mass is 16.5. The Balaban J connectivity index is 1.31. The fourth-order valence-corrected chi connectivity index (χ4v) is 9.93. The minimum atomic E-state index is -0.690. The lowest BCUT2D eigenvalue weighted by molar-refractivity contribution is 0.478. The molecule has 57 heavy (non-hydrogen) atoms. The van der Waals surface area contributed by atoms with Crippen LogP contribution in [0.15, 0.2) is 201 Å². The molecular formula is C51H33BN4O. The molecular weight excluding hydrogens is 695 g/mol. The second-order valence-electron chi connectivity index (χ2n) is 14.9. The predicted octanol–water partition coefficient (Wildman–Crippen LogP) is 10.2. The highest BCUT2D eigenvalue weighted by molar-refractivity contribution is 6.99. The number of benzene rings is 7. The molecule has 7 aromatic carbocycles. The van der Waals surface area contributed by atoms with Crippen LogP contribution in [0.2, 0.25) is 0 Å². The summed E-state index contributed by atoms with van der Waals surface area (Å²) in [5.41, 5.74) is 14.9. The van der Waals surface area contributed by atoms with Crippen LogP contribution < -0.4 is 30.9 Å². The molecule has 6 heteroatoms. The van der Waals surface area contributed by atoms with Crippen LogP contribution in [0.25, 0.3) is 10.9 Å². The Morgan fingerprint density at radius 3 is 1.93 bits per heavy atom. The number of hydrogen-bond donors (Lipinski definition) is 0. The minimum absolute atomic E-state index is 0.0696. The van der Waals surface area contributed by atoms with Gasteiger partial charge >= 0.3 is 0 Å². The summed E-state index contributed by atoms with van der Waals surface area (Å²) in [6.45, 7) is -0.0696. The zero-order valence-corrected chi connectivity index (χ0v) is 30.8. The summed E-state index contributed by atoms with van der Waals surface area (Å²) in [6, 6.07) is 65.7. The highest BCUT2D eigenvalue weighted by Crippen LogP contribution is 2.59. The van der Waals surface area contributed by atoms with Crippen LogP contribution in [0.3, 0.4) is 0 Å². The van der Waals surface area contributed by atoms with Gasteiger partial charge in [0.2, 0.25) is 6.71 Å². The van der Waals surface area contributed by atoms with Crippen LogP contribution in [0.5, 0.6) is 11.5 Å². The van der Waals surface area contributed by atoms with E-state index in [1.54, 1.807) is 0 Å². The number of rotatable bonds is 4. The van der Waals surface area contributed by atoms with Crippen molar-refractivity contribution in [3.05, 3.63) is 223 Å². The van der Waals surface area contributed by atoms with E-state index in [0.29, 0.717) is 0 Å². The zero-order chi connectivity index (χ0) is 37.5. The van der Waals surface area contributed by atoms with Crippen LogP contribution in [0, 0.1) is 0 Å². The lowest BCUT2D eigenvalue weighted by Crippen LogP contribution is -2.65. The first kappa shape index (κ1) is 31.9. The summed E-state index contributed by atoms with van der Waals surface area (Å²) < 4.78 is 7.33. The van der Waals surface area contributed by atoms with E-state index < -0.39 is 5.41 Å². The number of nitrogens with zero attached hydrogens (tertiary/aromatic N) is 4. The van der Waals surface area contributed by atoms with Crippen molar-refractivity contribution in [2.45, 2.75) is 5.41 Å². The van der Waals surface area contributed by atoms with Crippen molar-refractivity contribution in [1.82, 2.24) is 9.97 Å². The number of pyridine rings is 2. The average molecular weight is 729 g/mol. The fraction of sp³-hybridized carbons (Fsp3) is 0.0196. The first-order valence-corrected chi connectivity index (χ1v) is 19.4. The van der Waals surface area contributed by atoms with E-state index in [4.69, 9.17) is 9.72 Å². The van der Waals surface area contributed by atoms with Gasteiger partial charge in [-0.05, 0) is 81.7 Å². The first-order chi connectivity index (χ1) is 28.3. The van der Waals surface area contributed by atoms with E-state index in [0.717, 1.165) is 56.5 Å². The van der Waals surface area contributed by atoms with Gasteiger partial charge in [0.15, 0.2) is 11.5 Å². The van der Waals surface area contributed by atoms with Crippen LogP contribution in [-0.4, -0.2) is 16.7 Å². The molecule has 12 rings (SSSR count). The first-order valence-electron chi connectivity index (χ1n) is 19.4. The molecule has 266 valence electrons. The number of anilines is 6. The summed E-state index contributed by atoms with van der Waals surface area (Å²) in [5, 5.41) is 1.07. The molecule has 0 unspecified atom stereocenters. The number of fused-ring (bicyclic) bond motifs is 8.